The third-order valence-corrected chi connectivity index (χ3v) is 3.58. The third-order valence-electron chi connectivity index (χ3n) is 2.79. The summed E-state index contributed by atoms with van der Waals surface area (Å²) >= 11 is -1.88. The first-order valence-corrected chi connectivity index (χ1v) is 6.75. The molecule has 1 fully saturated rings. The Hall–Kier alpha value is -0.420. The highest BCUT2D eigenvalue weighted by molar-refractivity contribution is 7.79. The normalized spacial score (nSPS) is 22.0. The first kappa shape index (κ1) is 12.6. The van der Waals surface area contributed by atoms with Gasteiger partial charge in [0, 0.05) is 12.0 Å². The van der Waals surface area contributed by atoms with E-state index >= 15 is 0 Å². The summed E-state index contributed by atoms with van der Waals surface area (Å²) in [6.45, 7) is 1.69. The lowest BCUT2D eigenvalue weighted by Gasteiger charge is -2.24. The van der Waals surface area contributed by atoms with Crippen molar-refractivity contribution in [3.8, 4) is 0 Å². The second-order valence-electron chi connectivity index (χ2n) is 4.23. The minimum atomic E-state index is -1.88. The number of carbonyl (C=O) groups is 1. The van der Waals surface area contributed by atoms with Gasteiger partial charge in [0.05, 0.1) is 5.75 Å². The average molecular weight is 233 g/mol. The van der Waals surface area contributed by atoms with Crippen molar-refractivity contribution >= 4 is 17.0 Å². The van der Waals surface area contributed by atoms with Crippen LogP contribution in [-0.2, 0) is 15.9 Å². The predicted octanol–water partition coefficient (Wildman–Crippen LogP) is 1.29. The van der Waals surface area contributed by atoms with Crippen molar-refractivity contribution in [2.24, 2.45) is 5.92 Å². The first-order chi connectivity index (χ1) is 7.09. The average Bonchev–Trinajstić information content (AvgIpc) is 2.18. The van der Waals surface area contributed by atoms with Gasteiger partial charge in [0.25, 0.3) is 0 Å². The van der Waals surface area contributed by atoms with Crippen molar-refractivity contribution < 1.29 is 13.6 Å². The molecule has 1 aliphatic carbocycles. The maximum Gasteiger partial charge on any atom is 0.224 e. The van der Waals surface area contributed by atoms with E-state index in [4.69, 9.17) is 4.55 Å². The summed E-state index contributed by atoms with van der Waals surface area (Å²) in [5.74, 6) is -0.444. The molecule has 0 heterocycles. The van der Waals surface area contributed by atoms with Crippen LogP contribution in [0.3, 0.4) is 0 Å². The van der Waals surface area contributed by atoms with Crippen LogP contribution in [-0.4, -0.2) is 26.5 Å². The van der Waals surface area contributed by atoms with Gasteiger partial charge in [-0.2, -0.15) is 0 Å². The third kappa shape index (κ3) is 4.75. The molecular weight excluding hydrogens is 214 g/mol. The van der Waals surface area contributed by atoms with Gasteiger partial charge in [-0.25, -0.2) is 4.21 Å². The molecule has 0 spiro atoms. The van der Waals surface area contributed by atoms with Gasteiger partial charge in [0.1, 0.15) is 0 Å². The summed E-state index contributed by atoms with van der Waals surface area (Å²) in [4.78, 5) is 11.6. The minimum Gasteiger partial charge on any atom is -0.353 e. The van der Waals surface area contributed by atoms with Crippen LogP contribution in [0.1, 0.15) is 39.0 Å². The number of hydrogen-bond donors (Lipinski definition) is 2. The Morgan fingerprint density at radius 3 is 2.60 bits per heavy atom. The van der Waals surface area contributed by atoms with Gasteiger partial charge < -0.3 is 9.87 Å². The largest absolute Gasteiger partial charge is 0.353 e. The van der Waals surface area contributed by atoms with Crippen molar-refractivity contribution in [2.45, 2.75) is 45.1 Å². The topological polar surface area (TPSA) is 66.4 Å². The second-order valence-corrected chi connectivity index (χ2v) is 5.21. The van der Waals surface area contributed by atoms with Gasteiger partial charge in [-0.15, -0.1) is 0 Å². The van der Waals surface area contributed by atoms with Crippen LogP contribution in [0.2, 0.25) is 0 Å². The maximum absolute atomic E-state index is 11.6. The number of rotatable bonds is 4. The molecule has 1 amide bonds. The predicted molar refractivity (Wildman–Crippen MR) is 59.8 cm³/mol. The van der Waals surface area contributed by atoms with Crippen LogP contribution in [0.4, 0.5) is 0 Å². The molecule has 0 saturated heterocycles. The highest BCUT2D eigenvalue weighted by Crippen LogP contribution is 2.17. The lowest BCUT2D eigenvalue weighted by atomic mass is 9.95. The molecule has 0 bridgehead atoms. The Bertz CT molecular complexity index is 239. The van der Waals surface area contributed by atoms with Crippen LogP contribution in [0.25, 0.3) is 0 Å². The van der Waals surface area contributed by atoms with Gasteiger partial charge in [-0.05, 0) is 12.8 Å². The molecule has 1 rings (SSSR count). The quantitative estimate of drug-likeness (QED) is 0.719. The zero-order valence-corrected chi connectivity index (χ0v) is 9.89. The second kappa shape index (κ2) is 6.23. The summed E-state index contributed by atoms with van der Waals surface area (Å²) in [6.07, 6.45) is 5.68. The van der Waals surface area contributed by atoms with Gasteiger partial charge in [0.2, 0.25) is 5.91 Å². The number of nitrogens with one attached hydrogen (secondary N) is 1. The standard InChI is InChI=1S/C10H19NO3S/c1-8(7-15(13)14)10(12)11-9-5-3-2-4-6-9/h8-9H,2-7H2,1H3,(H,11,12)(H,13,14)/t8-/m1/s1. The molecule has 0 aromatic rings. The monoisotopic (exact) mass is 233 g/mol. The Morgan fingerprint density at radius 2 is 2.07 bits per heavy atom. The highest BCUT2D eigenvalue weighted by atomic mass is 32.2. The van der Waals surface area contributed by atoms with Crippen molar-refractivity contribution in [1.29, 1.82) is 0 Å². The molecule has 0 aromatic heterocycles. The molecule has 4 nitrogen and oxygen atoms in total. The molecule has 1 unspecified atom stereocenters. The van der Waals surface area contributed by atoms with E-state index in [9.17, 15) is 9.00 Å². The number of amides is 1. The molecule has 2 N–H and O–H groups in total. The van der Waals surface area contributed by atoms with Crippen LogP contribution >= 0.6 is 0 Å². The van der Waals surface area contributed by atoms with Crippen LogP contribution in [0.15, 0.2) is 0 Å². The van der Waals surface area contributed by atoms with E-state index in [1.54, 1.807) is 6.92 Å². The van der Waals surface area contributed by atoms with Gasteiger partial charge in [-0.1, -0.05) is 26.2 Å². The molecule has 0 aromatic carbocycles. The summed E-state index contributed by atoms with van der Waals surface area (Å²) in [5.41, 5.74) is 0. The molecule has 2 atom stereocenters. The molecule has 0 aliphatic heterocycles. The van der Waals surface area contributed by atoms with Crippen molar-refractivity contribution in [1.82, 2.24) is 5.32 Å². The smallest absolute Gasteiger partial charge is 0.224 e. The molecule has 0 radical (unpaired) electrons. The summed E-state index contributed by atoms with van der Waals surface area (Å²) < 4.78 is 19.2. The Kier molecular flexibility index (Phi) is 5.25. The van der Waals surface area contributed by atoms with Gasteiger partial charge in [-0.3, -0.25) is 4.79 Å². The van der Waals surface area contributed by atoms with Crippen LogP contribution in [0.5, 0.6) is 0 Å². The molecule has 1 aliphatic rings. The SMILES string of the molecule is C[C@H](CS(=O)O)C(=O)NC1CCCCC1. The Labute approximate surface area is 93.1 Å². The Balaban J connectivity index is 2.30. The Morgan fingerprint density at radius 1 is 1.47 bits per heavy atom. The van der Waals surface area contributed by atoms with E-state index in [0.717, 1.165) is 12.8 Å². The molecule has 15 heavy (non-hydrogen) atoms. The fourth-order valence-electron chi connectivity index (χ4n) is 1.88. The van der Waals surface area contributed by atoms with Crippen LogP contribution < -0.4 is 5.32 Å². The summed E-state index contributed by atoms with van der Waals surface area (Å²) in [6, 6.07) is 0.279. The number of hydrogen-bond acceptors (Lipinski definition) is 2. The fourth-order valence-corrected chi connectivity index (χ4v) is 2.46. The lowest BCUT2D eigenvalue weighted by Crippen LogP contribution is -2.40. The van der Waals surface area contributed by atoms with Crippen molar-refractivity contribution in [3.63, 3.8) is 0 Å². The van der Waals surface area contributed by atoms with E-state index in [2.05, 4.69) is 5.32 Å². The maximum atomic E-state index is 11.6. The number of carbonyl (C=O) groups excluding carboxylic acids is 1. The highest BCUT2D eigenvalue weighted by Gasteiger charge is 2.20. The van der Waals surface area contributed by atoms with Crippen molar-refractivity contribution in [3.05, 3.63) is 0 Å². The molecule has 5 heteroatoms. The zero-order valence-electron chi connectivity index (χ0n) is 9.07. The van der Waals surface area contributed by atoms with E-state index in [0.29, 0.717) is 0 Å². The minimum absolute atomic E-state index is 0.0263. The fraction of sp³-hybridized carbons (Fsp3) is 0.900. The molecule has 88 valence electrons. The summed E-state index contributed by atoms with van der Waals surface area (Å²) in [7, 11) is 0. The van der Waals surface area contributed by atoms with Gasteiger partial charge in [0.15, 0.2) is 11.1 Å². The van der Waals surface area contributed by atoms with Gasteiger partial charge >= 0.3 is 0 Å². The van der Waals surface area contributed by atoms with Crippen molar-refractivity contribution in [2.75, 3.05) is 5.75 Å². The van der Waals surface area contributed by atoms with E-state index < -0.39 is 11.1 Å². The first-order valence-electron chi connectivity index (χ1n) is 5.47. The summed E-state index contributed by atoms with van der Waals surface area (Å²) in [5, 5.41) is 2.94. The van der Waals surface area contributed by atoms with E-state index in [-0.39, 0.29) is 23.6 Å². The molecular formula is C10H19NO3S. The van der Waals surface area contributed by atoms with E-state index in [1.165, 1.54) is 19.3 Å². The van der Waals surface area contributed by atoms with Crippen LogP contribution in [0, 0.1) is 5.92 Å². The van der Waals surface area contributed by atoms with E-state index in [1.807, 2.05) is 0 Å². The zero-order chi connectivity index (χ0) is 11.3. The molecule has 1 saturated carbocycles. The lowest BCUT2D eigenvalue weighted by molar-refractivity contribution is -0.124.